The smallest absolute Gasteiger partial charge is 0.246 e. The molecule has 0 aliphatic heterocycles. The second kappa shape index (κ2) is 12.1. The van der Waals surface area contributed by atoms with Crippen LogP contribution in [0.2, 0.25) is 0 Å². The Balaban J connectivity index is 0.00000480. The van der Waals surface area contributed by atoms with Crippen LogP contribution in [0.1, 0.15) is 32.6 Å². The van der Waals surface area contributed by atoms with E-state index < -0.39 is 34.5 Å². The fourth-order valence-corrected chi connectivity index (χ4v) is 3.55. The molecule has 1 aliphatic carbocycles. The van der Waals surface area contributed by atoms with Crippen molar-refractivity contribution in [3.8, 4) is 0 Å². The summed E-state index contributed by atoms with van der Waals surface area (Å²) in [7, 11) is 3.45. The highest BCUT2D eigenvalue weighted by molar-refractivity contribution is 14.0. The van der Waals surface area contributed by atoms with Gasteiger partial charge in [0.15, 0.2) is 23.4 Å². The lowest BCUT2D eigenvalue weighted by Crippen LogP contribution is -2.49. The number of hydrogen-bond donors (Lipinski definition) is 3. The average Bonchev–Trinajstić information content (AvgIpc) is 3.20. The van der Waals surface area contributed by atoms with Gasteiger partial charge >= 0.3 is 0 Å². The van der Waals surface area contributed by atoms with E-state index in [0.717, 1.165) is 37.8 Å². The maximum Gasteiger partial charge on any atom is 0.246 e. The first-order valence-electron chi connectivity index (χ1n) is 9.87. The highest BCUT2D eigenvalue weighted by Crippen LogP contribution is 2.38. The number of amides is 2. The molecular weight excluding hydrogens is 526 g/mol. The van der Waals surface area contributed by atoms with Crippen LogP contribution in [0, 0.1) is 22.9 Å². The molecule has 1 saturated carbocycles. The minimum absolute atomic E-state index is 0. The summed E-state index contributed by atoms with van der Waals surface area (Å²) in [5, 5.41) is 8.27. The Morgan fingerprint density at radius 2 is 1.74 bits per heavy atom. The molecule has 0 spiro atoms. The molecular formula is C20H29F3IN5O2. The minimum Gasteiger partial charge on any atom is -0.357 e. The third-order valence-corrected chi connectivity index (χ3v) is 5.05. The second-order valence-electron chi connectivity index (χ2n) is 7.51. The Morgan fingerprint density at radius 1 is 1.10 bits per heavy atom. The topological polar surface area (TPSA) is 85.8 Å². The van der Waals surface area contributed by atoms with Crippen molar-refractivity contribution in [3.63, 3.8) is 0 Å². The molecule has 0 radical (unpaired) electrons. The predicted molar refractivity (Wildman–Crippen MR) is 124 cm³/mol. The number of carbonyl (C=O) groups is 2. The van der Waals surface area contributed by atoms with Crippen molar-refractivity contribution in [2.75, 3.05) is 39.0 Å². The lowest BCUT2D eigenvalue weighted by atomic mass is 9.84. The van der Waals surface area contributed by atoms with E-state index in [1.54, 1.807) is 19.0 Å². The summed E-state index contributed by atoms with van der Waals surface area (Å²) in [6.07, 6.45) is 3.48. The number of aliphatic imine (C=N–C) groups is 1. The summed E-state index contributed by atoms with van der Waals surface area (Å²) < 4.78 is 40.0. The fourth-order valence-electron chi connectivity index (χ4n) is 3.55. The molecule has 31 heavy (non-hydrogen) atoms. The van der Waals surface area contributed by atoms with Gasteiger partial charge in [-0.25, -0.2) is 18.2 Å². The number of benzene rings is 1. The molecule has 2 amide bonds. The van der Waals surface area contributed by atoms with E-state index >= 15 is 0 Å². The number of carbonyl (C=O) groups excluding carboxylic acids is 2. The standard InChI is InChI=1S/C20H28F3N5O2.HI/c1-4-24-19(26-12-20(9-5-6-10-20)18(30)28(2)3)25-11-15(29)27-14-8-7-13(21)16(22)17(14)23;/h7-8H,4-6,9-12H2,1-3H3,(H,27,29)(H2,24,25,26);1H. The van der Waals surface area contributed by atoms with Crippen molar-refractivity contribution in [3.05, 3.63) is 29.6 Å². The molecule has 1 aliphatic rings. The van der Waals surface area contributed by atoms with Gasteiger partial charge in [-0.05, 0) is 31.9 Å². The van der Waals surface area contributed by atoms with E-state index in [9.17, 15) is 22.8 Å². The molecule has 1 aromatic carbocycles. The highest BCUT2D eigenvalue weighted by Gasteiger charge is 2.42. The Hall–Kier alpha value is -2.05. The third-order valence-electron chi connectivity index (χ3n) is 5.05. The summed E-state index contributed by atoms with van der Waals surface area (Å²) in [5.41, 5.74) is -0.981. The zero-order valence-electron chi connectivity index (χ0n) is 17.9. The maximum absolute atomic E-state index is 13.7. The molecule has 11 heteroatoms. The lowest BCUT2D eigenvalue weighted by Gasteiger charge is -2.31. The molecule has 3 N–H and O–H groups in total. The van der Waals surface area contributed by atoms with Gasteiger partial charge < -0.3 is 20.9 Å². The largest absolute Gasteiger partial charge is 0.357 e. The van der Waals surface area contributed by atoms with Gasteiger partial charge in [0, 0.05) is 27.2 Å². The predicted octanol–water partition coefficient (Wildman–Crippen LogP) is 2.86. The molecule has 174 valence electrons. The van der Waals surface area contributed by atoms with Crippen LogP contribution in [0.15, 0.2) is 17.1 Å². The van der Waals surface area contributed by atoms with Crippen LogP contribution in [-0.4, -0.2) is 56.4 Å². The third kappa shape index (κ3) is 6.97. The van der Waals surface area contributed by atoms with Crippen LogP contribution in [0.4, 0.5) is 18.9 Å². The van der Waals surface area contributed by atoms with E-state index in [-0.39, 0.29) is 36.4 Å². The zero-order valence-corrected chi connectivity index (χ0v) is 20.2. The molecule has 2 rings (SSSR count). The fraction of sp³-hybridized carbons (Fsp3) is 0.550. The van der Waals surface area contributed by atoms with Crippen LogP contribution >= 0.6 is 24.0 Å². The zero-order chi connectivity index (χ0) is 22.3. The van der Waals surface area contributed by atoms with E-state index in [4.69, 9.17) is 0 Å². The second-order valence-corrected chi connectivity index (χ2v) is 7.51. The van der Waals surface area contributed by atoms with E-state index in [1.807, 2.05) is 6.92 Å². The van der Waals surface area contributed by atoms with Gasteiger partial charge in [0.05, 0.1) is 11.1 Å². The van der Waals surface area contributed by atoms with Crippen LogP contribution in [0.5, 0.6) is 0 Å². The van der Waals surface area contributed by atoms with Crippen molar-refractivity contribution in [2.24, 2.45) is 10.4 Å². The number of hydrogen-bond acceptors (Lipinski definition) is 3. The lowest BCUT2D eigenvalue weighted by molar-refractivity contribution is -0.138. The molecule has 0 saturated heterocycles. The van der Waals surface area contributed by atoms with E-state index in [0.29, 0.717) is 19.0 Å². The van der Waals surface area contributed by atoms with Gasteiger partial charge in [-0.3, -0.25) is 9.59 Å². The molecule has 7 nitrogen and oxygen atoms in total. The molecule has 0 bridgehead atoms. The van der Waals surface area contributed by atoms with Crippen LogP contribution in [0.3, 0.4) is 0 Å². The molecule has 0 unspecified atom stereocenters. The molecule has 0 aromatic heterocycles. The first-order chi connectivity index (χ1) is 14.2. The first-order valence-corrected chi connectivity index (χ1v) is 9.87. The van der Waals surface area contributed by atoms with Gasteiger partial charge in [-0.15, -0.1) is 24.0 Å². The van der Waals surface area contributed by atoms with Crippen molar-refractivity contribution >= 4 is 47.4 Å². The summed E-state index contributed by atoms with van der Waals surface area (Å²) in [4.78, 5) is 30.5. The van der Waals surface area contributed by atoms with Crippen LogP contribution < -0.4 is 16.0 Å². The summed E-state index contributed by atoms with van der Waals surface area (Å²) in [6.45, 7) is 2.38. The number of anilines is 1. The highest BCUT2D eigenvalue weighted by atomic mass is 127. The van der Waals surface area contributed by atoms with Gasteiger partial charge in [-0.2, -0.15) is 0 Å². The average molecular weight is 555 g/mol. The molecule has 1 fully saturated rings. The quantitative estimate of drug-likeness (QED) is 0.209. The Kier molecular flexibility index (Phi) is 10.5. The Morgan fingerprint density at radius 3 is 2.32 bits per heavy atom. The number of guanidine groups is 1. The summed E-state index contributed by atoms with van der Waals surface area (Å²) in [5.74, 6) is -4.78. The van der Waals surface area contributed by atoms with E-state index in [2.05, 4.69) is 20.9 Å². The van der Waals surface area contributed by atoms with Crippen molar-refractivity contribution in [1.82, 2.24) is 15.5 Å². The molecule has 0 heterocycles. The van der Waals surface area contributed by atoms with Crippen molar-refractivity contribution < 1.29 is 22.8 Å². The summed E-state index contributed by atoms with van der Waals surface area (Å²) in [6, 6.07) is 1.67. The maximum atomic E-state index is 13.7. The number of nitrogens with zero attached hydrogens (tertiary/aromatic N) is 2. The molecule has 0 atom stereocenters. The van der Waals surface area contributed by atoms with Gasteiger partial charge in [0.2, 0.25) is 11.8 Å². The Bertz CT molecular complexity index is 814. The number of halogens is 4. The van der Waals surface area contributed by atoms with Gasteiger partial charge in [0.25, 0.3) is 0 Å². The Labute approximate surface area is 197 Å². The van der Waals surface area contributed by atoms with Gasteiger partial charge in [-0.1, -0.05) is 12.8 Å². The van der Waals surface area contributed by atoms with E-state index in [1.165, 1.54) is 0 Å². The minimum atomic E-state index is -1.65. The molecule has 1 aromatic rings. The van der Waals surface area contributed by atoms with Crippen molar-refractivity contribution in [2.45, 2.75) is 32.6 Å². The van der Waals surface area contributed by atoms with Crippen LogP contribution in [-0.2, 0) is 9.59 Å². The summed E-state index contributed by atoms with van der Waals surface area (Å²) >= 11 is 0. The number of nitrogens with one attached hydrogen (secondary N) is 3. The van der Waals surface area contributed by atoms with Crippen LogP contribution in [0.25, 0.3) is 0 Å². The SMILES string of the molecule is CCNC(=NCC(=O)Nc1ccc(F)c(F)c1F)NCC1(C(=O)N(C)C)CCCC1.I. The normalized spacial score (nSPS) is 15.1. The van der Waals surface area contributed by atoms with Crippen molar-refractivity contribution in [1.29, 1.82) is 0 Å². The number of rotatable bonds is 7. The van der Waals surface area contributed by atoms with Gasteiger partial charge in [0.1, 0.15) is 6.54 Å². The first kappa shape index (κ1) is 27.0. The monoisotopic (exact) mass is 555 g/mol.